The van der Waals surface area contributed by atoms with Crippen molar-refractivity contribution in [2.24, 2.45) is 35.1 Å². The molecule has 1 rings (SSSR count). The number of amides is 2. The number of aryl methyl sites for hydroxylation is 1. The minimum absolute atomic E-state index is 0.0691. The van der Waals surface area contributed by atoms with Gasteiger partial charge in [0, 0.05) is 23.9 Å². The van der Waals surface area contributed by atoms with E-state index < -0.39 is 10.8 Å². The van der Waals surface area contributed by atoms with Gasteiger partial charge >= 0.3 is 12.2 Å². The van der Waals surface area contributed by atoms with Crippen molar-refractivity contribution in [3.63, 3.8) is 0 Å². The van der Waals surface area contributed by atoms with Crippen LogP contribution in [0.25, 0.3) is 0 Å². The highest BCUT2D eigenvalue weighted by Crippen LogP contribution is 2.26. The molecule has 2 N–H and O–H groups in total. The molecule has 1 atom stereocenters. The molecule has 0 fully saturated rings. The van der Waals surface area contributed by atoms with Crippen LogP contribution in [0.2, 0.25) is 0 Å². The Bertz CT molecular complexity index is 1360. The number of carbonyl (C=O) groups is 2. The van der Waals surface area contributed by atoms with Crippen molar-refractivity contribution in [2.45, 2.75) is 252 Å². The van der Waals surface area contributed by atoms with Crippen LogP contribution in [-0.2, 0) is 27.3 Å². The molecule has 0 aliphatic rings. The van der Waals surface area contributed by atoms with Gasteiger partial charge in [0.25, 0.3) is 0 Å². The minimum Gasteiger partial charge on any atom is -0.450 e. The molecule has 2 amide bonds. The Morgan fingerprint density at radius 3 is 1.36 bits per heavy atom. The maximum atomic E-state index is 11.8. The number of aromatic nitrogens is 4. The molecule has 1 heterocycles. The van der Waals surface area contributed by atoms with E-state index in [-0.39, 0.29) is 29.4 Å². The first-order chi connectivity index (χ1) is 29.1. The third-order valence-corrected chi connectivity index (χ3v) is 10.3. The van der Waals surface area contributed by atoms with E-state index in [4.69, 9.17) is 9.47 Å². The van der Waals surface area contributed by atoms with E-state index in [1.54, 1.807) is 7.05 Å². The van der Waals surface area contributed by atoms with E-state index >= 15 is 0 Å². The summed E-state index contributed by atoms with van der Waals surface area (Å²) in [6.45, 7) is 47.5. The molecule has 0 saturated carbocycles. The second-order valence-electron chi connectivity index (χ2n) is 22.7. The van der Waals surface area contributed by atoms with E-state index in [0.717, 1.165) is 82.5 Å². The Hall–Kier alpha value is -2.76. The average Bonchev–Trinajstić information content (AvgIpc) is 3.55. The van der Waals surface area contributed by atoms with Gasteiger partial charge in [-0.05, 0) is 138 Å². The lowest BCUT2D eigenvalue weighted by Crippen LogP contribution is -2.44. The predicted molar refractivity (Wildman–Crippen MR) is 276 cm³/mol. The predicted octanol–water partition coefficient (Wildman–Crippen LogP) is 15.0. The first-order valence-electron chi connectivity index (χ1n) is 24.5. The molecule has 0 radical (unpaired) electrons. The molecule has 0 bridgehead atoms. The number of ether oxygens (including phenoxy) is 2. The molecule has 0 saturated heterocycles. The van der Waals surface area contributed by atoms with E-state index in [9.17, 15) is 13.8 Å². The van der Waals surface area contributed by atoms with Crippen molar-refractivity contribution in [3.05, 3.63) is 24.3 Å². The number of nitrogens with zero attached hydrogens (tertiary/aromatic N) is 4. The van der Waals surface area contributed by atoms with Gasteiger partial charge in [0.2, 0.25) is 5.16 Å². The Morgan fingerprint density at radius 2 is 1.05 bits per heavy atom. The second-order valence-corrected chi connectivity index (χ2v) is 24.2. The third-order valence-electron chi connectivity index (χ3n) is 8.92. The molecule has 0 aliphatic heterocycles. The van der Waals surface area contributed by atoms with Crippen molar-refractivity contribution in [1.29, 1.82) is 0 Å². The largest absolute Gasteiger partial charge is 0.450 e. The molecule has 12 heteroatoms. The third kappa shape index (κ3) is 53.6. The maximum Gasteiger partial charge on any atom is 0.407 e. The Balaban J connectivity index is -0.000000367. The van der Waals surface area contributed by atoms with Crippen LogP contribution >= 0.6 is 0 Å². The summed E-state index contributed by atoms with van der Waals surface area (Å²) in [7, 11) is 0.645. The lowest BCUT2D eigenvalue weighted by atomic mass is 9.86. The zero-order valence-electron chi connectivity index (χ0n) is 46.2. The molecule has 64 heavy (non-hydrogen) atoms. The number of allylic oxidation sites excluding steroid dienone is 4. The van der Waals surface area contributed by atoms with Gasteiger partial charge in [-0.3, -0.25) is 4.21 Å². The monoisotopic (exact) mass is 927 g/mol. The van der Waals surface area contributed by atoms with Gasteiger partial charge in [0.1, 0.15) is 0 Å². The number of nitrogens with one attached hydrogen (secondary N) is 2. The van der Waals surface area contributed by atoms with Crippen LogP contribution in [0.4, 0.5) is 9.59 Å². The molecule has 1 unspecified atom stereocenters. The van der Waals surface area contributed by atoms with Crippen LogP contribution in [0.1, 0.15) is 229 Å². The van der Waals surface area contributed by atoms with Gasteiger partial charge in [-0.15, -0.1) is 0 Å². The van der Waals surface area contributed by atoms with Crippen molar-refractivity contribution >= 4 is 23.0 Å². The molecule has 0 aromatic carbocycles. The normalized spacial score (nSPS) is 12.7. The highest BCUT2D eigenvalue weighted by atomic mass is 32.2. The van der Waals surface area contributed by atoms with Crippen LogP contribution in [0, 0.1) is 28.1 Å². The minimum atomic E-state index is -1.07. The van der Waals surface area contributed by atoms with Crippen molar-refractivity contribution in [3.8, 4) is 0 Å². The van der Waals surface area contributed by atoms with Crippen LogP contribution in [-0.4, -0.2) is 66.1 Å². The van der Waals surface area contributed by atoms with Gasteiger partial charge in [0.15, 0.2) is 0 Å². The first-order valence-corrected chi connectivity index (χ1v) is 25.8. The van der Waals surface area contributed by atoms with Crippen LogP contribution in [0.15, 0.2) is 29.5 Å². The standard InChI is InChI=1S/2C14H29NO2.C10H20N4OS.2C7H14/c1-11(2)17-12(16)15-14(6,7)10-8-9-13(3,4)5;1-7-11-17-12(16)15-14(5,6)10-8-9-13(2,3)4;1-10(2,3)7-5-6-8-16(15)9-11-12-13-14(9)4;2*1-4-5-6-7(2)3/h11H,8-10H2,1-7H3,(H,15,16);7-11H2,1-6H3,(H,15,16);5-8H2,1-4H3;2*5-7H,4H2,1-3H3/b;;;6-5+;6-5-. The molecule has 380 valence electrons. The van der Waals surface area contributed by atoms with E-state index in [1.807, 2.05) is 48.5 Å². The van der Waals surface area contributed by atoms with Gasteiger partial charge in [-0.25, -0.2) is 14.3 Å². The fourth-order valence-electron chi connectivity index (χ4n) is 5.48. The number of hydrogen-bond donors (Lipinski definition) is 2. The second kappa shape index (κ2) is 36.4. The summed E-state index contributed by atoms with van der Waals surface area (Å²) in [5, 5.41) is 17.2. The molecule has 1 aromatic rings. The molecular formula is C52H106N6O5S. The van der Waals surface area contributed by atoms with Gasteiger partial charge in [0.05, 0.1) is 23.5 Å². The fourth-order valence-corrected chi connectivity index (χ4v) is 6.59. The summed E-state index contributed by atoms with van der Waals surface area (Å²) in [5.74, 6) is 2.09. The van der Waals surface area contributed by atoms with Crippen LogP contribution in [0.5, 0.6) is 0 Å². The highest BCUT2D eigenvalue weighted by Gasteiger charge is 2.23. The van der Waals surface area contributed by atoms with Crippen molar-refractivity contribution in [2.75, 3.05) is 12.4 Å². The first kappa shape index (κ1) is 67.8. The SMILES string of the molecule is CC(C)OC(=O)NC(C)(C)CCCC(C)(C)C.CC/C=C/C(C)C.CC/C=C\C(C)C.CCCOC(=O)NC(C)(C)CCCC(C)(C)C.Cn1nnnc1S(=O)CCCCC(C)(C)C. The zero-order chi connectivity index (χ0) is 50.8. The fraction of sp³-hybridized carbons (Fsp3) is 0.865. The summed E-state index contributed by atoms with van der Waals surface area (Å²) < 4.78 is 23.4. The molecule has 0 spiro atoms. The molecule has 1 aromatic heterocycles. The summed E-state index contributed by atoms with van der Waals surface area (Å²) >= 11 is 0. The number of hydrogen-bond acceptors (Lipinski definition) is 8. The molecular weight excluding hydrogens is 821 g/mol. The summed E-state index contributed by atoms with van der Waals surface area (Å²) in [6, 6.07) is 0. The highest BCUT2D eigenvalue weighted by molar-refractivity contribution is 7.84. The number of rotatable bonds is 20. The smallest absolute Gasteiger partial charge is 0.407 e. The topological polar surface area (TPSA) is 137 Å². The Morgan fingerprint density at radius 1 is 0.641 bits per heavy atom. The quantitative estimate of drug-likeness (QED) is 0.0974. The zero-order valence-corrected chi connectivity index (χ0v) is 47.0. The molecule has 11 nitrogen and oxygen atoms in total. The van der Waals surface area contributed by atoms with Crippen molar-refractivity contribution < 1.29 is 23.3 Å². The van der Waals surface area contributed by atoms with E-state index in [0.29, 0.717) is 33.8 Å². The van der Waals surface area contributed by atoms with E-state index in [1.165, 1.54) is 11.1 Å². The Kier molecular flexibility index (Phi) is 38.5. The lowest BCUT2D eigenvalue weighted by molar-refractivity contribution is 0.105. The number of alkyl carbamates (subject to hydrolysis) is 2. The van der Waals surface area contributed by atoms with Crippen LogP contribution < -0.4 is 10.6 Å². The van der Waals surface area contributed by atoms with Gasteiger partial charge < -0.3 is 20.1 Å². The Labute approximate surface area is 399 Å². The number of unbranched alkanes of at least 4 members (excludes halogenated alkanes) is 1. The summed E-state index contributed by atoms with van der Waals surface area (Å²) in [5.41, 5.74) is 0.689. The van der Waals surface area contributed by atoms with Gasteiger partial charge in [-0.1, -0.05) is 159 Å². The maximum absolute atomic E-state index is 11.8. The summed E-state index contributed by atoms with van der Waals surface area (Å²) in [4.78, 5) is 22.9. The van der Waals surface area contributed by atoms with Gasteiger partial charge in [-0.2, -0.15) is 0 Å². The lowest BCUT2D eigenvalue weighted by Gasteiger charge is -2.28. The van der Waals surface area contributed by atoms with Crippen molar-refractivity contribution in [1.82, 2.24) is 30.8 Å². The van der Waals surface area contributed by atoms with E-state index in [2.05, 4.69) is 154 Å². The van der Waals surface area contributed by atoms with Crippen LogP contribution in [0.3, 0.4) is 0 Å². The molecule has 0 aliphatic carbocycles. The average molecular weight is 928 g/mol. The summed E-state index contributed by atoms with van der Waals surface area (Å²) in [6.07, 6.45) is 21.1. The number of tetrazole rings is 1. The number of carbonyl (C=O) groups excluding carboxylic acids is 2.